The van der Waals surface area contributed by atoms with Gasteiger partial charge < -0.3 is 10.6 Å². The van der Waals surface area contributed by atoms with E-state index in [1.807, 2.05) is 23.0 Å². The summed E-state index contributed by atoms with van der Waals surface area (Å²) in [5.41, 5.74) is 2.87. The molecular formula is C21H32ClN5O. The topological polar surface area (TPSA) is 62.2 Å². The lowest BCUT2D eigenvalue weighted by atomic mass is 10.1. The molecule has 3 rings (SSSR count). The fourth-order valence-electron chi connectivity index (χ4n) is 3.32. The van der Waals surface area contributed by atoms with Crippen LogP contribution in [-0.2, 0) is 13.1 Å². The molecule has 1 aromatic heterocycles. The van der Waals surface area contributed by atoms with E-state index in [-0.39, 0.29) is 18.3 Å². The van der Waals surface area contributed by atoms with Crippen molar-refractivity contribution in [2.45, 2.75) is 51.9 Å². The predicted octanol–water partition coefficient (Wildman–Crippen LogP) is 3.00. The van der Waals surface area contributed by atoms with Crippen LogP contribution in [0.25, 0.3) is 0 Å². The highest BCUT2D eigenvalue weighted by atomic mass is 35.5. The summed E-state index contributed by atoms with van der Waals surface area (Å²) in [4.78, 5) is 14.8. The van der Waals surface area contributed by atoms with E-state index < -0.39 is 0 Å². The fraction of sp³-hybridized carbons (Fsp3) is 0.524. The second kappa shape index (κ2) is 10.6. The summed E-state index contributed by atoms with van der Waals surface area (Å²) in [6, 6.07) is 10.9. The first-order valence-corrected chi connectivity index (χ1v) is 9.85. The van der Waals surface area contributed by atoms with Crippen molar-refractivity contribution >= 4 is 18.3 Å². The largest absolute Gasteiger partial charge is 0.347 e. The maximum atomic E-state index is 12.5. The van der Waals surface area contributed by atoms with Gasteiger partial charge in [-0.2, -0.15) is 5.10 Å². The number of rotatable bonds is 7. The van der Waals surface area contributed by atoms with Crippen molar-refractivity contribution in [2.75, 3.05) is 20.1 Å². The monoisotopic (exact) mass is 405 g/mol. The van der Waals surface area contributed by atoms with Gasteiger partial charge in [0.2, 0.25) is 0 Å². The van der Waals surface area contributed by atoms with Crippen molar-refractivity contribution in [2.24, 2.45) is 0 Å². The molecule has 0 saturated carbocycles. The molecule has 0 aliphatic carbocycles. The van der Waals surface area contributed by atoms with E-state index in [0.717, 1.165) is 38.0 Å². The number of amides is 1. The zero-order valence-electron chi connectivity index (χ0n) is 17.0. The summed E-state index contributed by atoms with van der Waals surface area (Å²) < 4.78 is 1.92. The third kappa shape index (κ3) is 5.80. The molecule has 0 bridgehead atoms. The Labute approximate surface area is 174 Å². The van der Waals surface area contributed by atoms with E-state index in [1.54, 1.807) is 0 Å². The van der Waals surface area contributed by atoms with Crippen molar-refractivity contribution in [1.29, 1.82) is 0 Å². The summed E-state index contributed by atoms with van der Waals surface area (Å²) in [7, 11) is 2.12. The fourth-order valence-corrected chi connectivity index (χ4v) is 3.32. The number of carbonyl (C=O) groups excluding carboxylic acids is 1. The van der Waals surface area contributed by atoms with Crippen LogP contribution in [0.5, 0.6) is 0 Å². The third-order valence-electron chi connectivity index (χ3n) is 5.35. The van der Waals surface area contributed by atoms with Crippen LogP contribution < -0.4 is 10.6 Å². The van der Waals surface area contributed by atoms with Gasteiger partial charge in [-0.25, -0.2) is 0 Å². The first-order valence-electron chi connectivity index (χ1n) is 9.85. The number of hydrogen-bond acceptors (Lipinski definition) is 4. The van der Waals surface area contributed by atoms with Gasteiger partial charge >= 0.3 is 0 Å². The molecule has 6 nitrogen and oxygen atoms in total. The zero-order chi connectivity index (χ0) is 19.2. The number of aromatic nitrogens is 2. The first kappa shape index (κ1) is 22.4. The summed E-state index contributed by atoms with van der Waals surface area (Å²) >= 11 is 0. The summed E-state index contributed by atoms with van der Waals surface area (Å²) in [6.07, 6.45) is 4.16. The zero-order valence-corrected chi connectivity index (χ0v) is 17.8. The Hall–Kier alpha value is -1.89. The van der Waals surface area contributed by atoms with Crippen LogP contribution >= 0.6 is 12.4 Å². The summed E-state index contributed by atoms with van der Waals surface area (Å²) in [5.74, 6) is -0.121. The molecule has 154 valence electrons. The van der Waals surface area contributed by atoms with Crippen molar-refractivity contribution in [1.82, 2.24) is 25.3 Å². The van der Waals surface area contributed by atoms with E-state index in [9.17, 15) is 4.79 Å². The Balaban J connectivity index is 0.00000280. The van der Waals surface area contributed by atoms with E-state index >= 15 is 0 Å². The lowest BCUT2D eigenvalue weighted by molar-refractivity contribution is 0.0944. The molecule has 1 aliphatic heterocycles. The van der Waals surface area contributed by atoms with Crippen LogP contribution in [0.2, 0.25) is 0 Å². The van der Waals surface area contributed by atoms with Crippen molar-refractivity contribution in [3.8, 4) is 0 Å². The quantitative estimate of drug-likeness (QED) is 0.743. The number of nitrogens with one attached hydrogen (secondary N) is 2. The normalized spacial score (nSPS) is 16.8. The van der Waals surface area contributed by atoms with Crippen LogP contribution in [0.15, 0.2) is 36.5 Å². The SMILES string of the molecule is CC(C)N(C)Cc1ccccc1CNC(=O)c1ccn(C2CCCNC2)n1.Cl. The van der Waals surface area contributed by atoms with Gasteiger partial charge in [-0.05, 0) is 57.5 Å². The first-order chi connectivity index (χ1) is 13.0. The van der Waals surface area contributed by atoms with Crippen LogP contribution in [-0.4, -0.2) is 46.8 Å². The van der Waals surface area contributed by atoms with Crippen molar-refractivity contribution in [3.05, 3.63) is 53.3 Å². The third-order valence-corrected chi connectivity index (χ3v) is 5.35. The Bertz CT molecular complexity index is 755. The average molecular weight is 406 g/mol. The molecule has 1 atom stereocenters. The van der Waals surface area contributed by atoms with E-state index in [4.69, 9.17) is 0 Å². The van der Waals surface area contributed by atoms with Crippen LogP contribution in [0.1, 0.15) is 54.3 Å². The highest BCUT2D eigenvalue weighted by molar-refractivity contribution is 5.92. The van der Waals surface area contributed by atoms with Gasteiger partial charge in [-0.3, -0.25) is 14.4 Å². The number of carbonyl (C=O) groups is 1. The maximum Gasteiger partial charge on any atom is 0.272 e. The molecule has 1 saturated heterocycles. The molecule has 2 N–H and O–H groups in total. The van der Waals surface area contributed by atoms with E-state index in [0.29, 0.717) is 24.3 Å². The Morgan fingerprint density at radius 3 is 2.75 bits per heavy atom. The molecule has 0 spiro atoms. The highest BCUT2D eigenvalue weighted by Crippen LogP contribution is 2.16. The molecule has 1 fully saturated rings. The number of nitrogens with zero attached hydrogens (tertiary/aromatic N) is 3. The van der Waals surface area contributed by atoms with Gasteiger partial charge in [0.1, 0.15) is 5.69 Å². The van der Waals surface area contributed by atoms with Gasteiger partial charge in [0.15, 0.2) is 0 Å². The maximum absolute atomic E-state index is 12.5. The number of hydrogen-bond donors (Lipinski definition) is 2. The number of piperidine rings is 1. The number of halogens is 1. The lowest BCUT2D eigenvalue weighted by Crippen LogP contribution is -2.32. The molecule has 2 aromatic rings. The molecular weight excluding hydrogens is 374 g/mol. The second-order valence-corrected chi connectivity index (χ2v) is 7.64. The standard InChI is InChI=1S/C21H31N5O.ClH/c1-16(2)25(3)15-18-8-5-4-7-17(18)13-23-21(27)20-10-12-26(24-20)19-9-6-11-22-14-19;/h4-5,7-8,10,12,16,19,22H,6,9,11,13-15H2,1-3H3,(H,23,27);1H. The Morgan fingerprint density at radius 2 is 2.07 bits per heavy atom. The van der Waals surface area contributed by atoms with Crippen LogP contribution in [0.4, 0.5) is 0 Å². The van der Waals surface area contributed by atoms with Crippen molar-refractivity contribution < 1.29 is 4.79 Å². The van der Waals surface area contributed by atoms with E-state index in [2.05, 4.69) is 59.7 Å². The van der Waals surface area contributed by atoms with Gasteiger partial charge in [0, 0.05) is 31.9 Å². The van der Waals surface area contributed by atoms with E-state index in [1.165, 1.54) is 5.56 Å². The molecule has 28 heavy (non-hydrogen) atoms. The molecule has 1 aromatic carbocycles. The minimum Gasteiger partial charge on any atom is -0.347 e. The Kier molecular flexibility index (Phi) is 8.48. The van der Waals surface area contributed by atoms with Gasteiger partial charge in [0.05, 0.1) is 6.04 Å². The average Bonchev–Trinajstić information content (AvgIpc) is 3.18. The summed E-state index contributed by atoms with van der Waals surface area (Å²) in [6.45, 7) is 7.73. The molecule has 0 radical (unpaired) electrons. The smallest absolute Gasteiger partial charge is 0.272 e. The molecule has 1 amide bonds. The Morgan fingerprint density at radius 1 is 1.32 bits per heavy atom. The van der Waals surface area contributed by atoms with Crippen LogP contribution in [0.3, 0.4) is 0 Å². The van der Waals surface area contributed by atoms with Gasteiger partial charge in [-0.15, -0.1) is 12.4 Å². The van der Waals surface area contributed by atoms with Crippen LogP contribution in [0, 0.1) is 0 Å². The highest BCUT2D eigenvalue weighted by Gasteiger charge is 2.18. The molecule has 7 heteroatoms. The second-order valence-electron chi connectivity index (χ2n) is 7.64. The molecule has 1 unspecified atom stereocenters. The minimum absolute atomic E-state index is 0. The predicted molar refractivity (Wildman–Crippen MR) is 115 cm³/mol. The molecule has 2 heterocycles. The summed E-state index contributed by atoms with van der Waals surface area (Å²) in [5, 5.41) is 10.9. The minimum atomic E-state index is -0.121. The van der Waals surface area contributed by atoms with Gasteiger partial charge in [0.25, 0.3) is 5.91 Å². The van der Waals surface area contributed by atoms with Gasteiger partial charge in [-0.1, -0.05) is 24.3 Å². The lowest BCUT2D eigenvalue weighted by Gasteiger charge is -2.23. The molecule has 1 aliphatic rings. The van der Waals surface area contributed by atoms with Crippen molar-refractivity contribution in [3.63, 3.8) is 0 Å². The number of benzene rings is 1.